The number of halogens is 2. The number of aromatic nitrogens is 8. The van der Waals surface area contributed by atoms with E-state index in [0.29, 0.717) is 47.3 Å². The Morgan fingerprint density at radius 1 is 0.653 bits per heavy atom. The number of hydrogen-bond acceptors (Lipinski definition) is 11. The molecule has 8 rings (SSSR count). The molecule has 4 amide bonds. The molecule has 2 fully saturated rings. The fourth-order valence-corrected chi connectivity index (χ4v) is 9.91. The minimum atomic E-state index is -0.648. The molecule has 2 aliphatic rings. The van der Waals surface area contributed by atoms with E-state index in [0.717, 1.165) is 93.4 Å². The number of aryl methyl sites for hydroxylation is 3. The van der Waals surface area contributed by atoms with Crippen molar-refractivity contribution in [3.8, 4) is 22.8 Å². The largest absolute Gasteiger partial charge is 0.378 e. The third-order valence-electron chi connectivity index (χ3n) is 13.6. The molecule has 0 saturated carbocycles. The van der Waals surface area contributed by atoms with Gasteiger partial charge in [0.25, 0.3) is 0 Å². The van der Waals surface area contributed by atoms with Crippen molar-refractivity contribution in [3.63, 3.8) is 0 Å². The lowest BCUT2D eigenvalue weighted by Gasteiger charge is -2.38. The lowest BCUT2D eigenvalue weighted by atomic mass is 9.90. The van der Waals surface area contributed by atoms with E-state index in [1.807, 2.05) is 87.5 Å². The van der Waals surface area contributed by atoms with Crippen molar-refractivity contribution in [2.24, 2.45) is 25.9 Å². The molecule has 19 heteroatoms. The summed E-state index contributed by atoms with van der Waals surface area (Å²) in [5.41, 5.74) is 6.35. The van der Waals surface area contributed by atoms with Crippen molar-refractivity contribution in [2.45, 2.75) is 110 Å². The average Bonchev–Trinajstić information content (AvgIpc) is 4.00. The molecule has 2 aromatic heterocycles. The highest BCUT2D eigenvalue weighted by Crippen LogP contribution is 2.27. The van der Waals surface area contributed by atoms with Crippen LogP contribution in [0.25, 0.3) is 22.8 Å². The number of aliphatic hydroxyl groups excluding tert-OH is 1. The van der Waals surface area contributed by atoms with Crippen LogP contribution in [0.3, 0.4) is 0 Å². The molecule has 384 valence electrons. The van der Waals surface area contributed by atoms with Gasteiger partial charge in [0.15, 0.2) is 11.6 Å². The second-order valence-corrected chi connectivity index (χ2v) is 19.6. The van der Waals surface area contributed by atoms with Crippen LogP contribution in [0.15, 0.2) is 91.0 Å². The Morgan fingerprint density at radius 2 is 1.17 bits per heavy atom. The summed E-state index contributed by atoms with van der Waals surface area (Å²) in [7, 11) is 3.55. The van der Waals surface area contributed by atoms with Crippen LogP contribution in [-0.4, -0.2) is 118 Å². The van der Waals surface area contributed by atoms with E-state index in [1.165, 1.54) is 24.1 Å². The van der Waals surface area contributed by atoms with Crippen LogP contribution in [0.5, 0.6) is 0 Å². The molecule has 0 aliphatic carbocycles. The molecule has 72 heavy (non-hydrogen) atoms. The van der Waals surface area contributed by atoms with Gasteiger partial charge in [-0.05, 0) is 183 Å². The van der Waals surface area contributed by atoms with Gasteiger partial charge in [0.05, 0.1) is 0 Å². The zero-order chi connectivity index (χ0) is 51.1. The molecule has 2 aliphatic heterocycles. The maximum absolute atomic E-state index is 13.2. The van der Waals surface area contributed by atoms with E-state index in [-0.39, 0.29) is 35.8 Å². The fourth-order valence-electron chi connectivity index (χ4n) is 9.91. The Kier molecular flexibility index (Phi) is 18.9. The maximum atomic E-state index is 13.2. The zero-order valence-corrected chi connectivity index (χ0v) is 42.3. The number of carbonyl (C=O) groups is 2. The summed E-state index contributed by atoms with van der Waals surface area (Å²) in [5, 5.41) is 45.9. The van der Waals surface area contributed by atoms with Gasteiger partial charge in [-0.3, -0.25) is 4.90 Å². The number of aliphatic hydroxyl groups is 1. The third kappa shape index (κ3) is 15.6. The van der Waals surface area contributed by atoms with Crippen molar-refractivity contribution in [2.75, 3.05) is 36.8 Å². The summed E-state index contributed by atoms with van der Waals surface area (Å²) in [4.78, 5) is 30.0. The van der Waals surface area contributed by atoms with Crippen molar-refractivity contribution in [3.05, 3.63) is 119 Å². The number of nitrogens with zero attached hydrogens (tertiary/aromatic N) is 10. The van der Waals surface area contributed by atoms with Gasteiger partial charge in [0.1, 0.15) is 17.9 Å². The van der Waals surface area contributed by atoms with Crippen LogP contribution in [0.2, 0.25) is 0 Å². The van der Waals surface area contributed by atoms with Gasteiger partial charge in [0.2, 0.25) is 0 Å². The summed E-state index contributed by atoms with van der Waals surface area (Å²) in [6, 6.07) is 26.4. The fraction of sp³-hybridized carbons (Fsp3) is 0.472. The summed E-state index contributed by atoms with van der Waals surface area (Å²) in [5.74, 6) is 1.82. The highest BCUT2D eigenvalue weighted by Gasteiger charge is 2.28. The Morgan fingerprint density at radius 3 is 1.72 bits per heavy atom. The number of benzene rings is 4. The Labute approximate surface area is 421 Å². The molecule has 5 N–H and O–H groups in total. The highest BCUT2D eigenvalue weighted by atomic mass is 19.1. The lowest BCUT2D eigenvalue weighted by Crippen LogP contribution is -2.47. The number of hydrogen-bond donors (Lipinski definition) is 5. The summed E-state index contributed by atoms with van der Waals surface area (Å²) >= 11 is 0. The number of urea groups is 2. The molecular formula is C53H70F2N14O3. The Hall–Kier alpha value is -6.70. The molecule has 0 bridgehead atoms. The third-order valence-corrected chi connectivity index (χ3v) is 13.6. The van der Waals surface area contributed by atoms with Gasteiger partial charge in [-0.2, -0.15) is 0 Å². The maximum Gasteiger partial charge on any atom is 0.319 e. The quantitative estimate of drug-likeness (QED) is 0.0594. The highest BCUT2D eigenvalue weighted by molar-refractivity contribution is 5.91. The number of rotatable bonds is 17. The summed E-state index contributed by atoms with van der Waals surface area (Å²) in [6.45, 7) is 11.9. The van der Waals surface area contributed by atoms with Crippen molar-refractivity contribution >= 4 is 23.4 Å². The van der Waals surface area contributed by atoms with Gasteiger partial charge < -0.3 is 31.3 Å². The van der Waals surface area contributed by atoms with Crippen LogP contribution < -0.4 is 21.3 Å². The Bertz CT molecular complexity index is 2660. The molecule has 0 unspecified atom stereocenters. The van der Waals surface area contributed by atoms with E-state index in [2.05, 4.69) is 69.0 Å². The van der Waals surface area contributed by atoms with E-state index in [4.69, 9.17) is 0 Å². The smallest absolute Gasteiger partial charge is 0.319 e. The molecular weight excluding hydrogens is 919 g/mol. The molecule has 6 aromatic rings. The number of tetrazole rings is 2. The SMILES string of the molecule is CCc1cc(NC(=O)N[C@H](C)C[C@@H](O)N2CCC[C@@H](Cc3ccc(F)cc3)C2)cc(-c2nnnn2C)c1.C[C@H](C[C@@H](C)N1CCC[C@@H](Cc2ccc(F)cc2)C1)NC(=O)Nc1cccc(-c2nnnn2C)c1. The molecule has 4 aromatic carbocycles. The lowest BCUT2D eigenvalue weighted by molar-refractivity contribution is -0.0306. The first-order chi connectivity index (χ1) is 34.7. The average molecular weight is 989 g/mol. The van der Waals surface area contributed by atoms with Gasteiger partial charge in [-0.25, -0.2) is 27.7 Å². The summed E-state index contributed by atoms with van der Waals surface area (Å²) in [6.07, 6.45) is 7.72. The van der Waals surface area contributed by atoms with Gasteiger partial charge in [-0.15, -0.1) is 10.2 Å². The second kappa shape index (κ2) is 25.6. The molecule has 0 spiro atoms. The molecule has 4 heterocycles. The van der Waals surface area contributed by atoms with Gasteiger partial charge in [-0.1, -0.05) is 43.3 Å². The first-order valence-corrected chi connectivity index (χ1v) is 25.2. The predicted octanol–water partition coefficient (Wildman–Crippen LogP) is 8.01. The molecule has 0 radical (unpaired) electrons. The van der Waals surface area contributed by atoms with Crippen LogP contribution in [0.1, 0.15) is 82.9 Å². The van der Waals surface area contributed by atoms with Crippen molar-refractivity contribution < 1.29 is 23.5 Å². The van der Waals surface area contributed by atoms with E-state index in [9.17, 15) is 23.5 Å². The van der Waals surface area contributed by atoms with Crippen molar-refractivity contribution in [1.82, 2.24) is 60.8 Å². The number of amides is 4. The number of likely N-dealkylation sites (tertiary alicyclic amines) is 2. The van der Waals surface area contributed by atoms with Gasteiger partial charge >= 0.3 is 12.1 Å². The number of anilines is 2. The zero-order valence-electron chi connectivity index (χ0n) is 42.3. The van der Waals surface area contributed by atoms with E-state index in [1.54, 1.807) is 35.6 Å². The number of carbonyl (C=O) groups excluding carboxylic acids is 2. The predicted molar refractivity (Wildman–Crippen MR) is 275 cm³/mol. The number of nitrogens with one attached hydrogen (secondary N) is 4. The Balaban J connectivity index is 0.000000212. The van der Waals surface area contributed by atoms with Gasteiger partial charge in [0, 0.05) is 80.8 Å². The van der Waals surface area contributed by atoms with Crippen LogP contribution >= 0.6 is 0 Å². The first-order valence-electron chi connectivity index (χ1n) is 25.2. The summed E-state index contributed by atoms with van der Waals surface area (Å²) < 4.78 is 29.6. The molecule has 17 nitrogen and oxygen atoms in total. The normalized spacial score (nSPS) is 18.0. The second-order valence-electron chi connectivity index (χ2n) is 19.6. The molecule has 6 atom stereocenters. The van der Waals surface area contributed by atoms with Crippen molar-refractivity contribution in [1.29, 1.82) is 0 Å². The minimum absolute atomic E-state index is 0.0219. The minimum Gasteiger partial charge on any atom is -0.378 e. The van der Waals surface area contributed by atoms with Crippen LogP contribution in [0, 0.1) is 23.5 Å². The standard InChI is InChI=1S/C27H36FN7O2.C26H34FN7O/c1-4-19-14-22(26-31-32-33-34(26)3)16-24(15-19)30-27(37)29-18(2)12-25(36)35-11-5-6-21(17-35)13-20-7-9-23(28)10-8-20;1-18(28-26(35)29-24-8-4-7-22(16-24)25-30-31-32-33(25)3)14-19(2)34-13-5-6-21(17-34)15-20-9-11-23(27)12-10-20/h7-10,14-16,18,21,25,36H,4-6,11-13,17H2,1-3H3,(H2,29,30,37);4,7-12,16,18-19,21H,5-6,13-15,17H2,1-3H3,(H2,28,29,35)/t18-,21+,25-;18-,19-,21+/m11/s1. The monoisotopic (exact) mass is 989 g/mol. The van der Waals surface area contributed by atoms with Crippen LogP contribution in [0.4, 0.5) is 29.7 Å². The number of piperidine rings is 2. The first kappa shape index (κ1) is 53.1. The van der Waals surface area contributed by atoms with E-state index >= 15 is 0 Å². The topological polar surface area (TPSA) is 196 Å². The molecule has 2 saturated heterocycles. The van der Waals surface area contributed by atoms with E-state index < -0.39 is 6.23 Å². The van der Waals surface area contributed by atoms with Crippen LogP contribution in [-0.2, 0) is 33.4 Å².